The summed E-state index contributed by atoms with van der Waals surface area (Å²) < 4.78 is 2.03. The van der Waals surface area contributed by atoms with Crippen molar-refractivity contribution in [1.29, 1.82) is 0 Å². The van der Waals surface area contributed by atoms with E-state index in [0.717, 1.165) is 18.5 Å². The van der Waals surface area contributed by atoms with Gasteiger partial charge in [-0.3, -0.25) is 9.59 Å². The highest BCUT2D eigenvalue weighted by atomic mass is 16.2. The molecule has 0 bridgehead atoms. The second-order valence-electron chi connectivity index (χ2n) is 5.78. The summed E-state index contributed by atoms with van der Waals surface area (Å²) in [5, 5.41) is 0. The van der Waals surface area contributed by atoms with Crippen molar-refractivity contribution in [3.05, 3.63) is 36.7 Å². The smallest absolute Gasteiger partial charge is 0.242 e. The second-order valence-corrected chi connectivity index (χ2v) is 5.78. The van der Waals surface area contributed by atoms with Crippen molar-refractivity contribution in [2.75, 3.05) is 13.1 Å². The predicted octanol–water partition coefficient (Wildman–Crippen LogP) is 1.94. The lowest BCUT2D eigenvalue weighted by atomic mass is 10.3. The van der Waals surface area contributed by atoms with Crippen molar-refractivity contribution in [2.24, 2.45) is 7.05 Å². The number of rotatable bonds is 8. The molecule has 22 heavy (non-hydrogen) atoms. The van der Waals surface area contributed by atoms with Crippen LogP contribution in [-0.4, -0.2) is 45.3 Å². The lowest BCUT2D eigenvalue weighted by Gasteiger charge is -2.27. The van der Waals surface area contributed by atoms with E-state index in [4.69, 9.17) is 0 Å². The Morgan fingerprint density at radius 3 is 2.64 bits per heavy atom. The van der Waals surface area contributed by atoms with Gasteiger partial charge in [-0.2, -0.15) is 0 Å². The molecule has 120 valence electrons. The van der Waals surface area contributed by atoms with E-state index in [1.807, 2.05) is 41.8 Å². The highest BCUT2D eigenvalue weighted by Gasteiger charge is 2.33. The Bertz CT molecular complexity index is 546. The Balaban J connectivity index is 2.04. The van der Waals surface area contributed by atoms with E-state index in [0.29, 0.717) is 25.6 Å². The van der Waals surface area contributed by atoms with Gasteiger partial charge in [0.05, 0.1) is 6.54 Å². The molecule has 1 fully saturated rings. The molecule has 2 rings (SSSR count). The Kier molecular flexibility index (Phi) is 5.41. The third-order valence-electron chi connectivity index (χ3n) is 4.02. The molecule has 1 heterocycles. The minimum Gasteiger partial charge on any atom is -0.353 e. The highest BCUT2D eigenvalue weighted by molar-refractivity contribution is 5.85. The number of aromatic nitrogens is 1. The van der Waals surface area contributed by atoms with E-state index >= 15 is 0 Å². The molecule has 5 nitrogen and oxygen atoms in total. The maximum Gasteiger partial charge on any atom is 0.242 e. The molecule has 0 atom stereocenters. The Hall–Kier alpha value is -2.04. The van der Waals surface area contributed by atoms with Gasteiger partial charge < -0.3 is 14.4 Å². The Morgan fingerprint density at radius 1 is 1.41 bits per heavy atom. The average Bonchev–Trinajstić information content (AvgIpc) is 3.26. The summed E-state index contributed by atoms with van der Waals surface area (Å²) in [5.74, 6) is 0.00946. The summed E-state index contributed by atoms with van der Waals surface area (Å²) in [4.78, 5) is 28.1. The lowest BCUT2D eigenvalue weighted by molar-refractivity contribution is -0.140. The van der Waals surface area contributed by atoms with Gasteiger partial charge in [-0.15, -0.1) is 6.58 Å². The van der Waals surface area contributed by atoms with Crippen LogP contribution >= 0.6 is 0 Å². The van der Waals surface area contributed by atoms with Gasteiger partial charge in [-0.25, -0.2) is 0 Å². The fourth-order valence-corrected chi connectivity index (χ4v) is 2.53. The van der Waals surface area contributed by atoms with Crippen LogP contribution in [0.2, 0.25) is 0 Å². The molecule has 0 N–H and O–H groups in total. The topological polar surface area (TPSA) is 45.6 Å². The number of carbonyl (C=O) groups excluding carboxylic acids is 2. The number of nitrogens with zero attached hydrogens (tertiary/aromatic N) is 3. The van der Waals surface area contributed by atoms with Crippen LogP contribution in [0.15, 0.2) is 31.0 Å². The first-order chi connectivity index (χ1) is 10.6. The van der Waals surface area contributed by atoms with Crippen molar-refractivity contribution >= 4 is 11.8 Å². The van der Waals surface area contributed by atoms with Crippen molar-refractivity contribution in [3.8, 4) is 0 Å². The SMILES string of the molecule is C=CCN(CC(=O)N(Cc1cccn1C)C1CC1)C(=O)CC. The van der Waals surface area contributed by atoms with Crippen LogP contribution in [0.4, 0.5) is 0 Å². The van der Waals surface area contributed by atoms with E-state index < -0.39 is 0 Å². The van der Waals surface area contributed by atoms with Crippen molar-refractivity contribution < 1.29 is 9.59 Å². The summed E-state index contributed by atoms with van der Waals surface area (Å²) in [6.07, 6.45) is 6.16. The quantitative estimate of drug-likeness (QED) is 0.689. The molecular weight excluding hydrogens is 278 g/mol. The normalized spacial score (nSPS) is 13.7. The zero-order chi connectivity index (χ0) is 16.1. The van der Waals surface area contributed by atoms with Gasteiger partial charge in [0, 0.05) is 37.9 Å². The van der Waals surface area contributed by atoms with Crippen LogP contribution in [0.1, 0.15) is 31.9 Å². The maximum atomic E-state index is 12.7. The second kappa shape index (κ2) is 7.29. The third kappa shape index (κ3) is 4.00. The van der Waals surface area contributed by atoms with E-state index in [9.17, 15) is 9.59 Å². The highest BCUT2D eigenvalue weighted by Crippen LogP contribution is 2.28. The molecule has 0 radical (unpaired) electrons. The number of aryl methyl sites for hydroxylation is 1. The predicted molar refractivity (Wildman–Crippen MR) is 86.1 cm³/mol. The number of hydrogen-bond donors (Lipinski definition) is 0. The zero-order valence-corrected chi connectivity index (χ0v) is 13.5. The summed E-state index contributed by atoms with van der Waals surface area (Å²) >= 11 is 0. The largest absolute Gasteiger partial charge is 0.353 e. The van der Waals surface area contributed by atoms with Crippen molar-refractivity contribution in [3.63, 3.8) is 0 Å². The minimum absolute atomic E-state index is 0.0112. The van der Waals surface area contributed by atoms with Gasteiger partial charge >= 0.3 is 0 Å². The van der Waals surface area contributed by atoms with Gasteiger partial charge in [-0.1, -0.05) is 13.0 Å². The van der Waals surface area contributed by atoms with Gasteiger partial charge in [0.2, 0.25) is 11.8 Å². The first kappa shape index (κ1) is 16.3. The molecular formula is C17H25N3O2. The lowest BCUT2D eigenvalue weighted by Crippen LogP contribution is -2.43. The van der Waals surface area contributed by atoms with E-state index in [-0.39, 0.29) is 18.4 Å². The third-order valence-corrected chi connectivity index (χ3v) is 4.02. The van der Waals surface area contributed by atoms with E-state index in [2.05, 4.69) is 6.58 Å². The van der Waals surface area contributed by atoms with E-state index in [1.165, 1.54) is 0 Å². The summed E-state index contributed by atoms with van der Waals surface area (Å²) in [5.41, 5.74) is 1.11. The first-order valence-electron chi connectivity index (χ1n) is 7.85. The van der Waals surface area contributed by atoms with Crippen LogP contribution in [-0.2, 0) is 23.2 Å². The molecule has 2 amide bonds. The first-order valence-corrected chi connectivity index (χ1v) is 7.85. The summed E-state index contributed by atoms with van der Waals surface area (Å²) in [7, 11) is 1.98. The molecule has 5 heteroatoms. The monoisotopic (exact) mass is 303 g/mol. The molecule has 0 saturated heterocycles. The van der Waals surface area contributed by atoms with Crippen LogP contribution in [0.5, 0.6) is 0 Å². The van der Waals surface area contributed by atoms with E-state index in [1.54, 1.807) is 11.0 Å². The zero-order valence-electron chi connectivity index (χ0n) is 13.5. The minimum atomic E-state index is -0.0112. The van der Waals surface area contributed by atoms with Gasteiger partial charge in [0.25, 0.3) is 0 Å². The van der Waals surface area contributed by atoms with Gasteiger partial charge in [0.1, 0.15) is 6.54 Å². The number of hydrogen-bond acceptors (Lipinski definition) is 2. The van der Waals surface area contributed by atoms with Crippen LogP contribution in [0.3, 0.4) is 0 Å². The average molecular weight is 303 g/mol. The Labute approximate surface area is 132 Å². The van der Waals surface area contributed by atoms with Crippen molar-refractivity contribution in [1.82, 2.24) is 14.4 Å². The fraction of sp³-hybridized carbons (Fsp3) is 0.529. The molecule has 1 aliphatic rings. The van der Waals surface area contributed by atoms with Crippen molar-refractivity contribution in [2.45, 2.75) is 38.8 Å². The number of carbonyl (C=O) groups is 2. The number of amides is 2. The molecule has 0 unspecified atom stereocenters. The molecule has 1 saturated carbocycles. The van der Waals surface area contributed by atoms with Gasteiger partial charge in [-0.05, 0) is 25.0 Å². The van der Waals surface area contributed by atoms with Gasteiger partial charge in [0.15, 0.2) is 0 Å². The standard InChI is InChI=1S/C17H25N3O2/c1-4-10-19(16(21)5-2)13-17(22)20(14-8-9-14)12-15-7-6-11-18(15)3/h4,6-7,11,14H,1,5,8-10,12-13H2,2-3H3. The van der Waals surface area contributed by atoms with Crippen LogP contribution in [0, 0.1) is 0 Å². The molecule has 0 aromatic carbocycles. The molecule has 0 aliphatic heterocycles. The Morgan fingerprint density at radius 2 is 2.14 bits per heavy atom. The molecule has 1 aliphatic carbocycles. The maximum absolute atomic E-state index is 12.7. The fourth-order valence-electron chi connectivity index (χ4n) is 2.53. The summed E-state index contributed by atoms with van der Waals surface area (Å²) in [6.45, 7) is 6.64. The molecule has 1 aromatic heterocycles. The van der Waals surface area contributed by atoms with Crippen LogP contribution < -0.4 is 0 Å². The summed E-state index contributed by atoms with van der Waals surface area (Å²) in [6, 6.07) is 4.33. The molecule has 1 aromatic rings. The van der Waals surface area contributed by atoms with Crippen LogP contribution in [0.25, 0.3) is 0 Å². The molecule has 0 spiro atoms.